The molecule has 0 fully saturated rings. The minimum Gasteiger partial charge on any atom is -0.385 e. The van der Waals surface area contributed by atoms with Crippen LogP contribution in [0.3, 0.4) is 0 Å². The Hall–Kier alpha value is -3.34. The predicted molar refractivity (Wildman–Crippen MR) is 200 cm³/mol. The lowest BCUT2D eigenvalue weighted by Crippen LogP contribution is -2.36. The van der Waals surface area contributed by atoms with Gasteiger partial charge in [-0.05, 0) is 105 Å². The van der Waals surface area contributed by atoms with Gasteiger partial charge in [-0.15, -0.1) is 12.6 Å². The Kier molecular flexibility index (Phi) is 13.7. The Morgan fingerprint density at radius 2 is 1.75 bits per heavy atom. The fourth-order valence-corrected chi connectivity index (χ4v) is 6.18. The number of nitrogens with one attached hydrogen (secondary N) is 2. The molecule has 1 heterocycles. The molecule has 2 aromatic carbocycles. The standard InChI is InChI=1S/C38H53N3O5S2/c1-8-41-29(23-28-24-30(47)18-21-34(28)41)15-11-9-12-16-35(42)38(6,7)32-25-31(48(44,45)46)19-20-33(32)39-22-14-10-13-17-36(43)40-26-37(4,5)27(2)3/h9,11-12,15-16,18-21,24-25,27,39,47H,8,10,13-14,17,22-23,26H2,1-7H3,(H,40,43)(H,44,45,46)/b11-9+,16-12+,29-15-. The number of carbonyl (C=O) groups is 2. The number of nitrogens with zero attached hydrogens (tertiary/aromatic N) is 1. The summed E-state index contributed by atoms with van der Waals surface area (Å²) in [6, 6.07) is 10.4. The lowest BCUT2D eigenvalue weighted by molar-refractivity contribution is -0.122. The second-order valence-corrected chi connectivity index (χ2v) is 15.9. The van der Waals surface area contributed by atoms with Crippen LogP contribution in [0, 0.1) is 11.3 Å². The zero-order chi connectivity index (χ0) is 35.7. The van der Waals surface area contributed by atoms with Crippen LogP contribution in [0.4, 0.5) is 11.4 Å². The minimum atomic E-state index is -4.47. The molecule has 10 heteroatoms. The van der Waals surface area contributed by atoms with E-state index in [9.17, 15) is 22.6 Å². The van der Waals surface area contributed by atoms with Crippen molar-refractivity contribution in [1.82, 2.24) is 5.32 Å². The Bertz CT molecular complexity index is 1660. The van der Waals surface area contributed by atoms with Gasteiger partial charge in [-0.3, -0.25) is 14.1 Å². The Morgan fingerprint density at radius 3 is 2.42 bits per heavy atom. The van der Waals surface area contributed by atoms with Crippen LogP contribution in [0.25, 0.3) is 0 Å². The van der Waals surface area contributed by atoms with Crippen LogP contribution in [-0.4, -0.2) is 44.3 Å². The number of benzene rings is 2. The molecule has 8 nitrogen and oxygen atoms in total. The third-order valence-electron chi connectivity index (χ3n) is 9.43. The Morgan fingerprint density at radius 1 is 1.02 bits per heavy atom. The number of likely N-dealkylation sites (N-methyl/N-ethyl adjacent to an activating group) is 1. The predicted octanol–water partition coefficient (Wildman–Crippen LogP) is 7.92. The van der Waals surface area contributed by atoms with Gasteiger partial charge in [-0.25, -0.2) is 0 Å². The van der Waals surface area contributed by atoms with Crippen LogP contribution in [0.2, 0.25) is 0 Å². The van der Waals surface area contributed by atoms with E-state index in [0.29, 0.717) is 36.7 Å². The minimum absolute atomic E-state index is 0.0404. The van der Waals surface area contributed by atoms with Gasteiger partial charge in [-0.2, -0.15) is 8.42 Å². The number of unbranched alkanes of at least 4 members (excludes halogenated alkanes) is 2. The van der Waals surface area contributed by atoms with Crippen LogP contribution in [0.1, 0.15) is 85.3 Å². The Balaban J connectivity index is 1.62. The molecule has 262 valence electrons. The number of hydrogen-bond acceptors (Lipinski definition) is 7. The fourth-order valence-electron chi connectivity index (χ4n) is 5.44. The molecule has 1 amide bonds. The smallest absolute Gasteiger partial charge is 0.294 e. The molecule has 1 aliphatic rings. The number of thiol groups is 1. The number of allylic oxidation sites excluding steroid dienone is 6. The van der Waals surface area contributed by atoms with Crippen LogP contribution in [0.5, 0.6) is 0 Å². The highest BCUT2D eigenvalue weighted by Crippen LogP contribution is 2.36. The molecular weight excluding hydrogens is 643 g/mol. The van der Waals surface area contributed by atoms with E-state index >= 15 is 0 Å². The second-order valence-electron chi connectivity index (χ2n) is 14.0. The summed E-state index contributed by atoms with van der Waals surface area (Å²) >= 11 is 4.46. The number of amides is 1. The third-order valence-corrected chi connectivity index (χ3v) is 10.6. The van der Waals surface area contributed by atoms with Crippen molar-refractivity contribution < 1.29 is 22.6 Å². The molecule has 0 bridgehead atoms. The van der Waals surface area contributed by atoms with Gasteiger partial charge in [0.1, 0.15) is 0 Å². The van der Waals surface area contributed by atoms with E-state index in [1.807, 2.05) is 18.2 Å². The maximum absolute atomic E-state index is 13.5. The average Bonchev–Trinajstić information content (AvgIpc) is 3.36. The van der Waals surface area contributed by atoms with Crippen molar-refractivity contribution in [2.75, 3.05) is 29.9 Å². The van der Waals surface area contributed by atoms with E-state index in [4.69, 9.17) is 0 Å². The van der Waals surface area contributed by atoms with E-state index in [-0.39, 0.29) is 22.0 Å². The van der Waals surface area contributed by atoms with E-state index in [2.05, 4.69) is 74.9 Å². The number of hydrogen-bond donors (Lipinski definition) is 4. The highest BCUT2D eigenvalue weighted by atomic mass is 32.2. The molecule has 3 rings (SSSR count). The first-order valence-corrected chi connectivity index (χ1v) is 18.7. The van der Waals surface area contributed by atoms with Crippen molar-refractivity contribution >= 4 is 45.8 Å². The van der Waals surface area contributed by atoms with Crippen LogP contribution >= 0.6 is 12.6 Å². The van der Waals surface area contributed by atoms with Crippen LogP contribution in [-0.2, 0) is 31.5 Å². The Labute approximate surface area is 293 Å². The van der Waals surface area contributed by atoms with E-state index in [1.54, 1.807) is 32.1 Å². The molecule has 0 saturated heterocycles. The number of fused-ring (bicyclic) bond motifs is 1. The lowest BCUT2D eigenvalue weighted by Gasteiger charge is -2.29. The first-order valence-electron chi connectivity index (χ1n) is 16.8. The molecule has 1 aliphatic heterocycles. The van der Waals surface area contributed by atoms with Crippen molar-refractivity contribution in [3.63, 3.8) is 0 Å². The number of anilines is 2. The fraction of sp³-hybridized carbons (Fsp3) is 0.474. The van der Waals surface area contributed by atoms with Crippen molar-refractivity contribution in [3.8, 4) is 0 Å². The summed E-state index contributed by atoms with van der Waals surface area (Å²) < 4.78 is 33.7. The average molecular weight is 696 g/mol. The van der Waals surface area contributed by atoms with Crippen molar-refractivity contribution in [2.45, 2.75) is 95.8 Å². The van der Waals surface area contributed by atoms with Gasteiger partial charge in [-0.1, -0.05) is 52.3 Å². The maximum Gasteiger partial charge on any atom is 0.294 e. The van der Waals surface area contributed by atoms with Gasteiger partial charge in [0, 0.05) is 54.4 Å². The molecule has 0 aromatic heterocycles. The zero-order valence-corrected chi connectivity index (χ0v) is 31.2. The van der Waals surface area contributed by atoms with Gasteiger partial charge in [0.15, 0.2) is 5.78 Å². The van der Waals surface area contributed by atoms with Gasteiger partial charge in [0.25, 0.3) is 10.1 Å². The topological polar surface area (TPSA) is 116 Å². The van der Waals surface area contributed by atoms with Crippen LogP contribution in [0.15, 0.2) is 82.3 Å². The normalized spacial score (nSPS) is 14.8. The first-order chi connectivity index (χ1) is 22.5. The molecule has 2 aromatic rings. The van der Waals surface area contributed by atoms with Gasteiger partial charge >= 0.3 is 0 Å². The monoisotopic (exact) mass is 695 g/mol. The molecule has 0 unspecified atom stereocenters. The number of carbonyl (C=O) groups excluding carboxylic acids is 2. The van der Waals surface area contributed by atoms with Crippen LogP contribution < -0.4 is 15.5 Å². The molecule has 48 heavy (non-hydrogen) atoms. The molecule has 0 saturated carbocycles. The summed E-state index contributed by atoms with van der Waals surface area (Å²) in [5.41, 5.74) is 3.61. The van der Waals surface area contributed by atoms with E-state index in [1.165, 1.54) is 29.5 Å². The summed E-state index contributed by atoms with van der Waals surface area (Å²) in [4.78, 5) is 28.7. The lowest BCUT2D eigenvalue weighted by atomic mass is 9.79. The summed E-state index contributed by atoms with van der Waals surface area (Å²) in [5, 5.41) is 6.39. The van der Waals surface area contributed by atoms with Crippen molar-refractivity contribution in [3.05, 3.63) is 83.6 Å². The van der Waals surface area contributed by atoms with Crippen molar-refractivity contribution in [2.24, 2.45) is 11.3 Å². The quantitative estimate of drug-likeness (QED) is 0.0437. The molecular formula is C38H53N3O5S2. The summed E-state index contributed by atoms with van der Waals surface area (Å²) in [6.07, 6.45) is 12.6. The third kappa shape index (κ3) is 10.6. The second kappa shape index (κ2) is 16.9. The summed E-state index contributed by atoms with van der Waals surface area (Å²) in [5.74, 6) is 0.303. The maximum atomic E-state index is 13.5. The van der Waals surface area contributed by atoms with Gasteiger partial charge in [0.2, 0.25) is 5.91 Å². The number of rotatable bonds is 17. The molecule has 0 radical (unpaired) electrons. The first kappa shape index (κ1) is 39.1. The van der Waals surface area contributed by atoms with E-state index in [0.717, 1.165) is 42.8 Å². The van der Waals surface area contributed by atoms with E-state index < -0.39 is 15.5 Å². The highest BCUT2D eigenvalue weighted by Gasteiger charge is 2.31. The van der Waals surface area contributed by atoms with Gasteiger partial charge < -0.3 is 15.5 Å². The van der Waals surface area contributed by atoms with Crippen molar-refractivity contribution in [1.29, 1.82) is 0 Å². The zero-order valence-electron chi connectivity index (χ0n) is 29.5. The summed E-state index contributed by atoms with van der Waals surface area (Å²) in [7, 11) is -4.47. The molecule has 0 spiro atoms. The summed E-state index contributed by atoms with van der Waals surface area (Å²) in [6.45, 7) is 16.3. The SMILES string of the molecule is CCN1\C(=C/C=C/C=C/C(=O)C(C)(C)c2cc(S(=O)(=O)O)ccc2NCCCCCC(=O)NCC(C)(C)C(C)C)Cc2cc(S)ccc21. The largest absolute Gasteiger partial charge is 0.385 e. The highest BCUT2D eigenvalue weighted by molar-refractivity contribution is 7.85. The van der Waals surface area contributed by atoms with Gasteiger partial charge in [0.05, 0.1) is 10.3 Å². The molecule has 0 aliphatic carbocycles. The molecule has 0 atom stereocenters. The number of ketones is 1. The molecule has 3 N–H and O–H groups in total.